The van der Waals surface area contributed by atoms with Crippen LogP contribution in [0.2, 0.25) is 5.02 Å². The van der Waals surface area contributed by atoms with Gasteiger partial charge in [0.05, 0.1) is 5.69 Å². The molecule has 33 heavy (non-hydrogen) atoms. The van der Waals surface area contributed by atoms with Crippen molar-refractivity contribution in [2.45, 2.75) is 51.0 Å². The lowest BCUT2D eigenvalue weighted by atomic mass is 9.97. The highest BCUT2D eigenvalue weighted by Crippen LogP contribution is 2.39. The van der Waals surface area contributed by atoms with E-state index in [1.807, 2.05) is 30.3 Å². The number of aromatic amines is 1. The van der Waals surface area contributed by atoms with Crippen LogP contribution in [-0.4, -0.2) is 25.8 Å². The number of carboxylic acids is 1. The fourth-order valence-electron chi connectivity index (χ4n) is 4.14. The first-order chi connectivity index (χ1) is 16.0. The molecule has 2 fully saturated rings. The number of pyridine rings is 1. The van der Waals surface area contributed by atoms with Gasteiger partial charge in [0.15, 0.2) is 0 Å². The Morgan fingerprint density at radius 3 is 2.64 bits per heavy atom. The topological polar surface area (TPSA) is 88.0 Å². The third-order valence-electron chi connectivity index (χ3n) is 6.28. The van der Waals surface area contributed by atoms with E-state index in [4.69, 9.17) is 16.7 Å². The minimum absolute atomic E-state index is 0.0155. The van der Waals surface area contributed by atoms with Crippen molar-refractivity contribution in [1.82, 2.24) is 14.8 Å². The van der Waals surface area contributed by atoms with Crippen LogP contribution in [0.5, 0.6) is 0 Å². The summed E-state index contributed by atoms with van der Waals surface area (Å²) in [6.07, 6.45) is 9.86. The molecule has 0 radical (unpaired) electrons. The Balaban J connectivity index is 1.35. The van der Waals surface area contributed by atoms with E-state index < -0.39 is 5.97 Å². The molecule has 170 valence electrons. The molecule has 0 bridgehead atoms. The average Bonchev–Trinajstić information content (AvgIpc) is 3.70. The number of aryl methyl sites for hydroxylation is 2. The van der Waals surface area contributed by atoms with Crippen LogP contribution >= 0.6 is 11.6 Å². The van der Waals surface area contributed by atoms with Gasteiger partial charge in [-0.25, -0.2) is 0 Å². The number of rotatable bonds is 9. The Kier molecular flexibility index (Phi) is 5.94. The van der Waals surface area contributed by atoms with Gasteiger partial charge in [-0.2, -0.15) is 5.10 Å². The van der Waals surface area contributed by atoms with Crippen molar-refractivity contribution in [1.29, 1.82) is 0 Å². The molecule has 3 aromatic rings. The number of halogens is 1. The normalized spacial score (nSPS) is 16.2. The molecule has 0 saturated heterocycles. The number of aliphatic carboxylic acids is 1. The first kappa shape index (κ1) is 21.7. The first-order valence-electron chi connectivity index (χ1n) is 11.4. The van der Waals surface area contributed by atoms with Crippen molar-refractivity contribution < 1.29 is 9.90 Å². The molecule has 0 amide bonds. The molecule has 0 aliphatic heterocycles. The highest BCUT2D eigenvalue weighted by Gasteiger charge is 2.27. The molecule has 0 atom stereocenters. The van der Waals surface area contributed by atoms with Crippen molar-refractivity contribution in [2.24, 2.45) is 5.92 Å². The van der Waals surface area contributed by atoms with Gasteiger partial charge in [-0.1, -0.05) is 35.9 Å². The molecule has 2 aromatic heterocycles. The van der Waals surface area contributed by atoms with Gasteiger partial charge in [0.2, 0.25) is 0 Å². The second-order valence-electron chi connectivity index (χ2n) is 9.05. The molecule has 2 aliphatic rings. The third-order valence-corrected chi connectivity index (χ3v) is 6.63. The van der Waals surface area contributed by atoms with Crippen LogP contribution in [0.25, 0.3) is 5.57 Å². The molecular formula is C26H26ClN3O3. The lowest BCUT2D eigenvalue weighted by molar-refractivity contribution is -0.137. The monoisotopic (exact) mass is 463 g/mol. The number of carbonyl (C=O) groups is 1. The average molecular weight is 464 g/mol. The zero-order valence-corrected chi connectivity index (χ0v) is 19.0. The Hall–Kier alpha value is -3.12. The number of benzene rings is 1. The van der Waals surface area contributed by atoms with Crippen LogP contribution < -0.4 is 5.56 Å². The summed E-state index contributed by atoms with van der Waals surface area (Å²) in [5.41, 5.74) is 5.61. The Morgan fingerprint density at radius 1 is 1.15 bits per heavy atom. The quantitative estimate of drug-likeness (QED) is 0.476. The maximum absolute atomic E-state index is 12.6. The second kappa shape index (κ2) is 9.02. The summed E-state index contributed by atoms with van der Waals surface area (Å²) in [6.45, 7) is -0.144. The van der Waals surface area contributed by atoms with Crippen molar-refractivity contribution in [2.75, 3.05) is 0 Å². The lowest BCUT2D eigenvalue weighted by Crippen LogP contribution is -2.13. The summed E-state index contributed by atoms with van der Waals surface area (Å²) in [5.74, 6) is 0.0516. The van der Waals surface area contributed by atoms with Gasteiger partial charge in [0.25, 0.3) is 5.56 Å². The molecule has 1 aromatic carbocycles. The van der Waals surface area contributed by atoms with Gasteiger partial charge in [-0.05, 0) is 79.7 Å². The first-order valence-corrected chi connectivity index (χ1v) is 11.8. The highest BCUT2D eigenvalue weighted by molar-refractivity contribution is 6.31. The zero-order chi connectivity index (χ0) is 22.9. The summed E-state index contributed by atoms with van der Waals surface area (Å²) in [5, 5.41) is 13.9. The zero-order valence-electron chi connectivity index (χ0n) is 18.3. The molecule has 2 saturated carbocycles. The van der Waals surface area contributed by atoms with E-state index in [2.05, 4.69) is 22.2 Å². The minimum Gasteiger partial charge on any atom is -0.480 e. The lowest BCUT2D eigenvalue weighted by Gasteiger charge is -2.12. The molecule has 5 rings (SSSR count). The SMILES string of the molecule is O=C(O)Cn1ccc(CCc2ccc(/C(=C\C3CC3)c3ccc(C4CC4)c(=O)[nH]3)cc2Cl)n1. The van der Waals surface area contributed by atoms with Crippen molar-refractivity contribution >= 4 is 23.1 Å². The minimum atomic E-state index is -0.915. The van der Waals surface area contributed by atoms with E-state index >= 15 is 0 Å². The number of carboxylic acid groups (broad SMARTS) is 1. The molecular weight excluding hydrogens is 438 g/mol. The summed E-state index contributed by atoms with van der Waals surface area (Å²) >= 11 is 6.66. The van der Waals surface area contributed by atoms with E-state index in [-0.39, 0.29) is 12.1 Å². The second-order valence-corrected chi connectivity index (χ2v) is 9.46. The molecule has 2 heterocycles. The molecule has 6 nitrogen and oxygen atoms in total. The van der Waals surface area contributed by atoms with E-state index in [1.165, 1.54) is 17.5 Å². The van der Waals surface area contributed by atoms with E-state index in [9.17, 15) is 9.59 Å². The highest BCUT2D eigenvalue weighted by atomic mass is 35.5. The smallest absolute Gasteiger partial charge is 0.325 e. The van der Waals surface area contributed by atoms with Crippen LogP contribution in [0.1, 0.15) is 59.7 Å². The number of nitrogens with zero attached hydrogens (tertiary/aromatic N) is 2. The summed E-state index contributed by atoms with van der Waals surface area (Å²) < 4.78 is 1.42. The van der Waals surface area contributed by atoms with Gasteiger partial charge in [0, 0.05) is 28.0 Å². The van der Waals surface area contributed by atoms with Gasteiger partial charge < -0.3 is 10.1 Å². The number of hydrogen-bond donors (Lipinski definition) is 2. The van der Waals surface area contributed by atoms with Crippen LogP contribution in [-0.2, 0) is 24.2 Å². The molecule has 0 spiro atoms. The van der Waals surface area contributed by atoms with Crippen LogP contribution in [0.15, 0.2) is 53.5 Å². The number of allylic oxidation sites excluding steroid dienone is 1. The van der Waals surface area contributed by atoms with Crippen LogP contribution in [0.4, 0.5) is 0 Å². The predicted molar refractivity (Wildman–Crippen MR) is 128 cm³/mol. The van der Waals surface area contributed by atoms with Crippen LogP contribution in [0, 0.1) is 5.92 Å². The molecule has 2 aliphatic carbocycles. The predicted octanol–water partition coefficient (Wildman–Crippen LogP) is 4.81. The number of nitrogens with one attached hydrogen (secondary N) is 1. The number of aromatic nitrogens is 3. The Bertz CT molecular complexity index is 1280. The number of H-pyrrole nitrogens is 1. The van der Waals surface area contributed by atoms with Gasteiger partial charge in [0.1, 0.15) is 6.54 Å². The third kappa shape index (κ3) is 5.28. The standard InChI is InChI=1S/C26H26ClN3O3/c27-23-14-19(6-5-18(23)7-8-20-11-12-30(29-20)15-25(31)32)22(13-16-1-2-16)24-10-9-21(17-3-4-17)26(33)28-24/h5-6,9-14,16-17H,1-4,7-8,15H2,(H,28,33)(H,31,32)/b22-13+. The van der Waals surface area contributed by atoms with Crippen LogP contribution in [0.3, 0.4) is 0 Å². The molecule has 2 N–H and O–H groups in total. The summed E-state index contributed by atoms with van der Waals surface area (Å²) in [6, 6.07) is 11.9. The van der Waals surface area contributed by atoms with E-state index in [0.29, 0.717) is 29.7 Å². The fraction of sp³-hybridized carbons (Fsp3) is 0.346. The van der Waals surface area contributed by atoms with Crippen molar-refractivity contribution in [3.63, 3.8) is 0 Å². The maximum atomic E-state index is 12.6. The molecule has 7 heteroatoms. The van der Waals surface area contributed by atoms with Gasteiger partial charge in [-0.15, -0.1) is 0 Å². The van der Waals surface area contributed by atoms with Gasteiger partial charge >= 0.3 is 5.97 Å². The van der Waals surface area contributed by atoms with E-state index in [0.717, 1.165) is 46.5 Å². The maximum Gasteiger partial charge on any atom is 0.325 e. The largest absolute Gasteiger partial charge is 0.480 e. The summed E-state index contributed by atoms with van der Waals surface area (Å²) in [4.78, 5) is 26.5. The Labute approximate surface area is 196 Å². The van der Waals surface area contributed by atoms with E-state index in [1.54, 1.807) is 6.20 Å². The molecule has 0 unspecified atom stereocenters. The summed E-state index contributed by atoms with van der Waals surface area (Å²) in [7, 11) is 0. The van der Waals surface area contributed by atoms with Crippen molar-refractivity contribution in [3.05, 3.63) is 92.1 Å². The fourth-order valence-corrected chi connectivity index (χ4v) is 4.42. The Morgan fingerprint density at radius 2 is 1.97 bits per heavy atom. The van der Waals surface area contributed by atoms with Gasteiger partial charge in [-0.3, -0.25) is 14.3 Å². The van der Waals surface area contributed by atoms with Crippen molar-refractivity contribution in [3.8, 4) is 0 Å². The number of hydrogen-bond acceptors (Lipinski definition) is 3.